The second-order valence-electron chi connectivity index (χ2n) is 3.55. The Morgan fingerprint density at radius 2 is 1.82 bits per heavy atom. The van der Waals surface area contributed by atoms with Crippen LogP contribution in [0.3, 0.4) is 0 Å². The molecule has 0 aliphatic rings. The molecule has 17 heavy (non-hydrogen) atoms. The maximum Gasteiger partial charge on any atom is 0.264 e. The first-order valence-corrected chi connectivity index (χ1v) is 6.79. The highest BCUT2D eigenvalue weighted by molar-refractivity contribution is 7.86. The Kier molecular flexibility index (Phi) is 4.36. The van der Waals surface area contributed by atoms with Crippen molar-refractivity contribution in [3.8, 4) is 11.5 Å². The van der Waals surface area contributed by atoms with Crippen LogP contribution in [-0.4, -0.2) is 28.9 Å². The van der Waals surface area contributed by atoms with Gasteiger partial charge in [-0.1, -0.05) is 0 Å². The molecule has 0 radical (unpaired) electrons. The quantitative estimate of drug-likeness (QED) is 0.755. The topological polar surface area (TPSA) is 61.8 Å². The van der Waals surface area contributed by atoms with E-state index in [0.29, 0.717) is 17.1 Å². The molecule has 0 saturated carbocycles. The lowest BCUT2D eigenvalue weighted by Gasteiger charge is -2.16. The molecule has 0 fully saturated rings. The van der Waals surface area contributed by atoms with Crippen LogP contribution in [0.2, 0.25) is 0 Å². The summed E-state index contributed by atoms with van der Waals surface area (Å²) in [5, 5.41) is 0. The lowest BCUT2D eigenvalue weighted by molar-refractivity contribution is 0.230. The number of benzene rings is 1. The summed E-state index contributed by atoms with van der Waals surface area (Å²) in [6.45, 7) is 1.64. The summed E-state index contributed by atoms with van der Waals surface area (Å²) < 4.78 is 37.3. The van der Waals surface area contributed by atoms with Gasteiger partial charge in [0.15, 0.2) is 0 Å². The molecule has 96 valence electrons. The fraction of sp³-hybridized carbons (Fsp3) is 0.455. The largest absolute Gasteiger partial charge is 0.497 e. The minimum absolute atomic E-state index is 0.557. The van der Waals surface area contributed by atoms with E-state index in [4.69, 9.17) is 13.7 Å². The van der Waals surface area contributed by atoms with E-state index in [-0.39, 0.29) is 0 Å². The van der Waals surface area contributed by atoms with Crippen molar-refractivity contribution in [1.29, 1.82) is 0 Å². The van der Waals surface area contributed by atoms with Gasteiger partial charge >= 0.3 is 0 Å². The fourth-order valence-corrected chi connectivity index (χ4v) is 2.10. The second-order valence-corrected chi connectivity index (χ2v) is 5.15. The number of hydrogen-bond donors (Lipinski definition) is 0. The molecule has 0 bridgehead atoms. The Morgan fingerprint density at radius 3 is 2.29 bits per heavy atom. The van der Waals surface area contributed by atoms with Crippen molar-refractivity contribution in [2.75, 3.05) is 20.5 Å². The van der Waals surface area contributed by atoms with Crippen molar-refractivity contribution in [3.05, 3.63) is 23.8 Å². The number of rotatable bonds is 5. The van der Waals surface area contributed by atoms with Crippen molar-refractivity contribution in [3.63, 3.8) is 0 Å². The van der Waals surface area contributed by atoms with Gasteiger partial charge in [-0.15, -0.1) is 0 Å². The van der Waals surface area contributed by atoms with Gasteiger partial charge in [-0.25, -0.2) is 0 Å². The third-order valence-corrected chi connectivity index (χ3v) is 2.83. The lowest BCUT2D eigenvalue weighted by Crippen LogP contribution is -2.08. The normalized spacial score (nSPS) is 13.2. The first-order valence-electron chi connectivity index (χ1n) is 4.97. The monoisotopic (exact) mass is 260 g/mol. The van der Waals surface area contributed by atoms with E-state index in [1.807, 2.05) is 0 Å². The van der Waals surface area contributed by atoms with Crippen molar-refractivity contribution in [1.82, 2.24) is 0 Å². The highest BCUT2D eigenvalue weighted by atomic mass is 32.2. The SMILES string of the molecule is COc1ccc(OC)c(C(C)OS(C)(=O)=O)c1. The smallest absolute Gasteiger partial charge is 0.264 e. The van der Waals surface area contributed by atoms with Crippen molar-refractivity contribution >= 4 is 10.1 Å². The van der Waals surface area contributed by atoms with E-state index in [1.165, 1.54) is 14.2 Å². The molecular formula is C11H16O5S. The van der Waals surface area contributed by atoms with E-state index >= 15 is 0 Å². The molecule has 0 aliphatic heterocycles. The Labute approximate surface area is 101 Å². The molecule has 0 aliphatic carbocycles. The van der Waals surface area contributed by atoms with Crippen molar-refractivity contribution < 1.29 is 22.1 Å². The third-order valence-electron chi connectivity index (χ3n) is 2.19. The molecule has 6 heteroatoms. The summed E-state index contributed by atoms with van der Waals surface area (Å²) in [4.78, 5) is 0. The molecule has 1 aromatic rings. The van der Waals surface area contributed by atoms with E-state index in [9.17, 15) is 8.42 Å². The van der Waals surface area contributed by atoms with Crippen LogP contribution in [0.1, 0.15) is 18.6 Å². The Balaban J connectivity index is 3.09. The molecule has 5 nitrogen and oxygen atoms in total. The van der Waals surface area contributed by atoms with Gasteiger partial charge in [-0.3, -0.25) is 4.18 Å². The highest BCUT2D eigenvalue weighted by Gasteiger charge is 2.17. The first kappa shape index (κ1) is 13.8. The molecule has 0 amide bonds. The maximum atomic E-state index is 11.1. The van der Waals surface area contributed by atoms with E-state index < -0.39 is 16.2 Å². The van der Waals surface area contributed by atoms with Crippen LogP contribution >= 0.6 is 0 Å². The van der Waals surface area contributed by atoms with Gasteiger partial charge < -0.3 is 9.47 Å². The van der Waals surface area contributed by atoms with Gasteiger partial charge in [0.05, 0.1) is 20.5 Å². The molecule has 0 spiro atoms. The van der Waals surface area contributed by atoms with Crippen LogP contribution in [0, 0.1) is 0 Å². The molecule has 1 rings (SSSR count). The minimum atomic E-state index is -3.51. The van der Waals surface area contributed by atoms with Gasteiger partial charge in [0.2, 0.25) is 0 Å². The zero-order valence-electron chi connectivity index (χ0n) is 10.3. The van der Waals surface area contributed by atoms with Gasteiger partial charge in [0, 0.05) is 5.56 Å². The van der Waals surface area contributed by atoms with Gasteiger partial charge in [0.1, 0.15) is 17.6 Å². The van der Waals surface area contributed by atoms with E-state index in [2.05, 4.69) is 0 Å². The van der Waals surface area contributed by atoms with Gasteiger partial charge in [-0.05, 0) is 25.1 Å². The highest BCUT2D eigenvalue weighted by Crippen LogP contribution is 2.31. The fourth-order valence-electron chi connectivity index (χ4n) is 1.47. The molecule has 1 atom stereocenters. The molecule has 0 N–H and O–H groups in total. The van der Waals surface area contributed by atoms with Crippen LogP contribution in [0.5, 0.6) is 11.5 Å². The molecule has 0 aromatic heterocycles. The van der Waals surface area contributed by atoms with Crippen LogP contribution in [0.25, 0.3) is 0 Å². The number of hydrogen-bond acceptors (Lipinski definition) is 5. The number of methoxy groups -OCH3 is 2. The Bertz CT molecular complexity index is 481. The van der Waals surface area contributed by atoms with E-state index in [1.54, 1.807) is 25.1 Å². The molecule has 0 saturated heterocycles. The predicted octanol–water partition coefficient (Wildman–Crippen LogP) is 1.74. The van der Waals surface area contributed by atoms with E-state index in [0.717, 1.165) is 6.26 Å². The summed E-state index contributed by atoms with van der Waals surface area (Å²) >= 11 is 0. The molecule has 0 heterocycles. The average Bonchev–Trinajstić information content (AvgIpc) is 2.25. The standard InChI is InChI=1S/C11H16O5S/c1-8(16-17(4,12)13)10-7-9(14-2)5-6-11(10)15-3/h5-8H,1-4H3. The van der Waals surface area contributed by atoms with Gasteiger partial charge in [-0.2, -0.15) is 8.42 Å². The summed E-state index contributed by atoms with van der Waals surface area (Å²) in [6, 6.07) is 5.13. The summed E-state index contributed by atoms with van der Waals surface area (Å²) in [5.41, 5.74) is 0.622. The zero-order chi connectivity index (χ0) is 13.1. The maximum absolute atomic E-state index is 11.1. The average molecular weight is 260 g/mol. The summed E-state index contributed by atoms with van der Waals surface area (Å²) in [7, 11) is -0.465. The third kappa shape index (κ3) is 3.90. The molecule has 1 aromatic carbocycles. The Hall–Kier alpha value is -1.27. The first-order chi connectivity index (χ1) is 7.87. The van der Waals surface area contributed by atoms with Crippen LogP contribution in [-0.2, 0) is 14.3 Å². The minimum Gasteiger partial charge on any atom is -0.497 e. The van der Waals surface area contributed by atoms with Crippen LogP contribution in [0.15, 0.2) is 18.2 Å². The predicted molar refractivity (Wildman–Crippen MR) is 63.9 cm³/mol. The van der Waals surface area contributed by atoms with Crippen molar-refractivity contribution in [2.45, 2.75) is 13.0 Å². The summed E-state index contributed by atoms with van der Waals surface area (Å²) in [5.74, 6) is 1.17. The van der Waals surface area contributed by atoms with Crippen molar-refractivity contribution in [2.24, 2.45) is 0 Å². The van der Waals surface area contributed by atoms with Gasteiger partial charge in [0.25, 0.3) is 10.1 Å². The lowest BCUT2D eigenvalue weighted by atomic mass is 10.1. The molecule has 1 unspecified atom stereocenters. The molecular weight excluding hydrogens is 244 g/mol. The second kappa shape index (κ2) is 5.37. The zero-order valence-corrected chi connectivity index (χ0v) is 11.1. The summed E-state index contributed by atoms with van der Waals surface area (Å²) in [6.07, 6.45) is 0.380. The Morgan fingerprint density at radius 1 is 1.18 bits per heavy atom. The van der Waals surface area contributed by atoms with Crippen LogP contribution in [0.4, 0.5) is 0 Å². The van der Waals surface area contributed by atoms with Crippen LogP contribution < -0.4 is 9.47 Å². The number of ether oxygens (including phenoxy) is 2.